The minimum Gasteiger partial charge on any atom is -0.467 e. The zero-order chi connectivity index (χ0) is 12.4. The maximum atomic E-state index is 6.13. The largest absolute Gasteiger partial charge is 0.467 e. The maximum absolute atomic E-state index is 6.13. The second kappa shape index (κ2) is 4.87. The summed E-state index contributed by atoms with van der Waals surface area (Å²) in [5, 5.41) is 0. The van der Waals surface area contributed by atoms with Crippen LogP contribution in [0, 0.1) is 5.92 Å². The van der Waals surface area contributed by atoms with E-state index in [0.717, 1.165) is 12.1 Å². The van der Waals surface area contributed by atoms with Gasteiger partial charge in [0.15, 0.2) is 0 Å². The molecule has 2 atom stereocenters. The van der Waals surface area contributed by atoms with E-state index in [1.807, 2.05) is 36.4 Å². The lowest BCUT2D eigenvalue weighted by atomic mass is 9.57. The van der Waals surface area contributed by atoms with Gasteiger partial charge in [0.25, 0.3) is 0 Å². The first-order valence-electron chi connectivity index (χ1n) is 6.25. The molecule has 3 rings (SSSR count). The number of benzene rings is 1. The minimum absolute atomic E-state index is 0.0114. The van der Waals surface area contributed by atoms with Crippen LogP contribution in [0.25, 0.3) is 0 Å². The van der Waals surface area contributed by atoms with Gasteiger partial charge in [-0.2, -0.15) is 0 Å². The predicted octanol–water partition coefficient (Wildman–Crippen LogP) is 3.05. The van der Waals surface area contributed by atoms with Crippen LogP contribution in [0.3, 0.4) is 0 Å². The predicted molar refractivity (Wildman–Crippen MR) is 72.9 cm³/mol. The first kappa shape index (κ1) is 11.4. The first-order valence-corrected chi connectivity index (χ1v) is 6.25. The summed E-state index contributed by atoms with van der Waals surface area (Å²) in [6.07, 6.45) is 4.60. The highest BCUT2D eigenvalue weighted by atomic mass is 16.5. The molecule has 3 heteroatoms. The van der Waals surface area contributed by atoms with Crippen molar-refractivity contribution in [3.8, 4) is 0 Å². The fraction of sp³-hybridized carbons (Fsp3) is 0.200. The van der Waals surface area contributed by atoms with E-state index in [4.69, 9.17) is 9.07 Å². The highest BCUT2D eigenvalue weighted by Crippen LogP contribution is 2.38. The van der Waals surface area contributed by atoms with Gasteiger partial charge >= 0.3 is 6.92 Å². The molecule has 0 spiro atoms. The van der Waals surface area contributed by atoms with Crippen molar-refractivity contribution in [1.82, 2.24) is 0 Å². The smallest absolute Gasteiger partial charge is 0.328 e. The molecule has 18 heavy (non-hydrogen) atoms. The molecule has 1 saturated heterocycles. The van der Waals surface area contributed by atoms with Crippen molar-refractivity contribution in [3.63, 3.8) is 0 Å². The van der Waals surface area contributed by atoms with Crippen molar-refractivity contribution in [2.45, 2.75) is 12.4 Å². The van der Waals surface area contributed by atoms with E-state index in [0.29, 0.717) is 5.92 Å². The van der Waals surface area contributed by atoms with Gasteiger partial charge in [-0.3, -0.25) is 0 Å². The summed E-state index contributed by atoms with van der Waals surface area (Å²) in [6.45, 7) is 4.04. The molecule has 0 amide bonds. The van der Waals surface area contributed by atoms with Gasteiger partial charge in [0.05, 0.1) is 6.26 Å². The summed E-state index contributed by atoms with van der Waals surface area (Å²) < 4.78 is 11.6. The molecule has 1 fully saturated rings. The Kier molecular flexibility index (Phi) is 3.07. The Balaban J connectivity index is 1.84. The summed E-state index contributed by atoms with van der Waals surface area (Å²) in [4.78, 5) is 0. The molecule has 0 bridgehead atoms. The normalized spacial score (nSPS) is 23.2. The number of hydrogen-bond donors (Lipinski definition) is 0. The summed E-state index contributed by atoms with van der Waals surface area (Å²) >= 11 is 0. The Labute approximate surface area is 107 Å². The van der Waals surface area contributed by atoms with Gasteiger partial charge in [0.1, 0.15) is 11.9 Å². The third-order valence-electron chi connectivity index (χ3n) is 3.48. The van der Waals surface area contributed by atoms with Crippen LogP contribution in [-0.2, 0) is 4.65 Å². The van der Waals surface area contributed by atoms with Crippen LogP contribution in [0.5, 0.6) is 0 Å². The average molecular weight is 238 g/mol. The van der Waals surface area contributed by atoms with Crippen molar-refractivity contribution in [2.75, 3.05) is 0 Å². The van der Waals surface area contributed by atoms with Crippen LogP contribution in [0.2, 0.25) is 6.32 Å². The molecular formula is C15H15BO2. The second-order valence-corrected chi connectivity index (χ2v) is 4.61. The molecule has 2 aromatic rings. The van der Waals surface area contributed by atoms with E-state index < -0.39 is 0 Å². The summed E-state index contributed by atoms with van der Waals surface area (Å²) in [5.41, 5.74) is 1.22. The van der Waals surface area contributed by atoms with Crippen LogP contribution in [0.4, 0.5) is 0 Å². The fourth-order valence-corrected chi connectivity index (χ4v) is 2.54. The molecule has 2 heterocycles. The minimum atomic E-state index is -0.0114. The van der Waals surface area contributed by atoms with Gasteiger partial charge in [-0.05, 0) is 23.9 Å². The molecule has 1 aliphatic heterocycles. The van der Waals surface area contributed by atoms with E-state index in [2.05, 4.69) is 18.7 Å². The van der Waals surface area contributed by atoms with Crippen LogP contribution in [0.15, 0.2) is 65.8 Å². The Morgan fingerprint density at radius 3 is 2.67 bits per heavy atom. The lowest BCUT2D eigenvalue weighted by molar-refractivity contribution is 0.178. The van der Waals surface area contributed by atoms with Crippen LogP contribution in [0.1, 0.15) is 11.9 Å². The monoisotopic (exact) mass is 238 g/mol. The Morgan fingerprint density at radius 2 is 2.00 bits per heavy atom. The van der Waals surface area contributed by atoms with E-state index in [1.54, 1.807) is 6.26 Å². The van der Waals surface area contributed by atoms with Crippen LogP contribution >= 0.6 is 0 Å². The third-order valence-corrected chi connectivity index (χ3v) is 3.48. The zero-order valence-corrected chi connectivity index (χ0v) is 10.2. The van der Waals surface area contributed by atoms with Crippen LogP contribution in [-0.4, -0.2) is 6.92 Å². The third kappa shape index (κ3) is 2.02. The topological polar surface area (TPSA) is 22.4 Å². The molecule has 0 radical (unpaired) electrons. The second-order valence-electron chi connectivity index (χ2n) is 4.61. The summed E-state index contributed by atoms with van der Waals surface area (Å²) in [5.74, 6) is 1.19. The molecule has 0 N–H and O–H groups in total. The lowest BCUT2D eigenvalue weighted by Gasteiger charge is -2.13. The molecular weight excluding hydrogens is 223 g/mol. The molecule has 0 unspecified atom stereocenters. The maximum Gasteiger partial charge on any atom is 0.328 e. The highest BCUT2D eigenvalue weighted by molar-refractivity contribution is 6.68. The number of hydrogen-bond acceptors (Lipinski definition) is 2. The van der Waals surface area contributed by atoms with Gasteiger partial charge in [0.2, 0.25) is 0 Å². The molecule has 1 aliphatic rings. The summed E-state index contributed by atoms with van der Waals surface area (Å²) in [6, 6.07) is 14.2. The fourth-order valence-electron chi connectivity index (χ4n) is 2.54. The first-order chi connectivity index (χ1) is 8.88. The number of furan rings is 1. The molecule has 1 aromatic carbocycles. The van der Waals surface area contributed by atoms with Gasteiger partial charge in [-0.15, -0.1) is 6.58 Å². The van der Waals surface area contributed by atoms with Crippen molar-refractivity contribution < 1.29 is 9.07 Å². The van der Waals surface area contributed by atoms with Crippen molar-refractivity contribution in [1.29, 1.82) is 0 Å². The van der Waals surface area contributed by atoms with Gasteiger partial charge in [0, 0.05) is 5.92 Å². The van der Waals surface area contributed by atoms with Gasteiger partial charge in [-0.1, -0.05) is 36.4 Å². The van der Waals surface area contributed by atoms with Crippen molar-refractivity contribution >= 4 is 12.4 Å². The Bertz CT molecular complexity index is 507. The SMILES string of the molecule is C=C[C@@H]1CB(c2ccccc2)O[C@@H]1c1ccco1. The van der Waals surface area contributed by atoms with Gasteiger partial charge in [-0.25, -0.2) is 0 Å². The van der Waals surface area contributed by atoms with E-state index >= 15 is 0 Å². The Hall–Kier alpha value is -1.74. The van der Waals surface area contributed by atoms with E-state index in [-0.39, 0.29) is 13.0 Å². The molecule has 1 aromatic heterocycles. The summed E-state index contributed by atoms with van der Waals surface area (Å²) in [7, 11) is 0. The Morgan fingerprint density at radius 1 is 1.17 bits per heavy atom. The molecule has 0 saturated carbocycles. The highest BCUT2D eigenvalue weighted by Gasteiger charge is 2.39. The molecule has 2 nitrogen and oxygen atoms in total. The molecule has 0 aliphatic carbocycles. The zero-order valence-electron chi connectivity index (χ0n) is 10.2. The van der Waals surface area contributed by atoms with Gasteiger partial charge < -0.3 is 9.07 Å². The van der Waals surface area contributed by atoms with Crippen molar-refractivity contribution in [2.24, 2.45) is 5.92 Å². The van der Waals surface area contributed by atoms with Crippen molar-refractivity contribution in [3.05, 3.63) is 67.1 Å². The molecule has 90 valence electrons. The quantitative estimate of drug-likeness (QED) is 0.605. The van der Waals surface area contributed by atoms with E-state index in [1.165, 1.54) is 5.46 Å². The van der Waals surface area contributed by atoms with Crippen LogP contribution < -0.4 is 5.46 Å². The average Bonchev–Trinajstić information content (AvgIpc) is 3.08. The standard InChI is InChI=1S/C15H15BO2/c1-2-12-11-16(13-7-4-3-5-8-13)18-15(12)14-9-6-10-17-14/h2-10,12,15H,1,11H2/t12-,15+/m1/s1. The number of rotatable bonds is 3. The lowest BCUT2D eigenvalue weighted by Crippen LogP contribution is -2.29. The van der Waals surface area contributed by atoms with E-state index in [9.17, 15) is 0 Å².